The third-order valence-electron chi connectivity index (χ3n) is 3.83. The number of imidazole rings is 1. The van der Waals surface area contributed by atoms with E-state index in [0.29, 0.717) is 17.0 Å². The minimum atomic E-state index is -1.35. The molecular formula is C16H15FN5O2. The number of hydrogen-bond acceptors (Lipinski definition) is 6. The zero-order valence-electron chi connectivity index (χ0n) is 12.6. The molecular weight excluding hydrogens is 313 g/mol. The molecule has 0 aliphatic carbocycles. The van der Waals surface area contributed by atoms with E-state index in [0.717, 1.165) is 5.69 Å². The number of anilines is 2. The van der Waals surface area contributed by atoms with Crippen LogP contribution in [0.4, 0.5) is 15.9 Å². The fourth-order valence-electron chi connectivity index (χ4n) is 2.71. The molecule has 123 valence electrons. The minimum absolute atomic E-state index is 0.265. The standard InChI is InChI=1S/C16H15FN5O2/c17-12-6-11(7-23)24-16(12)22-9-20-13-14(18-8-19-15(13)22)21-10-4-2-1-3-5-10/h1-6,8-9,11-12,16,23H,7H2,(H,18,19,21)/t11-,12-,16-/m1/s1. The number of para-hydroxylation sites is 1. The molecule has 0 saturated carbocycles. The van der Waals surface area contributed by atoms with E-state index < -0.39 is 18.5 Å². The van der Waals surface area contributed by atoms with E-state index in [4.69, 9.17) is 9.84 Å². The Balaban J connectivity index is 1.69. The normalized spacial score (nSPS) is 23.7. The first-order chi connectivity index (χ1) is 11.8. The van der Waals surface area contributed by atoms with Crippen LogP contribution in [0.2, 0.25) is 0 Å². The van der Waals surface area contributed by atoms with Crippen molar-refractivity contribution in [2.75, 3.05) is 11.9 Å². The number of nitrogens with one attached hydrogen (secondary N) is 1. The Bertz CT molecular complexity index is 841. The van der Waals surface area contributed by atoms with Crippen molar-refractivity contribution in [2.24, 2.45) is 0 Å². The lowest BCUT2D eigenvalue weighted by Gasteiger charge is -2.15. The lowest BCUT2D eigenvalue weighted by atomic mass is 10.2. The summed E-state index contributed by atoms with van der Waals surface area (Å²) in [6.45, 7) is -0.265. The predicted octanol–water partition coefficient (Wildman–Crippen LogP) is 2.00. The second-order valence-corrected chi connectivity index (χ2v) is 5.42. The van der Waals surface area contributed by atoms with Crippen LogP contribution in [0.1, 0.15) is 6.23 Å². The molecule has 4 rings (SSSR count). The monoisotopic (exact) mass is 328 g/mol. The molecule has 2 aromatic heterocycles. The van der Waals surface area contributed by atoms with Crippen molar-refractivity contribution < 1.29 is 14.2 Å². The van der Waals surface area contributed by atoms with Crippen molar-refractivity contribution in [2.45, 2.75) is 18.5 Å². The number of halogens is 1. The Kier molecular flexibility index (Phi) is 3.83. The van der Waals surface area contributed by atoms with Gasteiger partial charge < -0.3 is 15.2 Å². The van der Waals surface area contributed by atoms with Crippen LogP contribution >= 0.6 is 0 Å². The Hall–Kier alpha value is -2.58. The van der Waals surface area contributed by atoms with Gasteiger partial charge in [-0.2, -0.15) is 0 Å². The summed E-state index contributed by atoms with van der Waals surface area (Å²) < 4.78 is 21.2. The highest BCUT2D eigenvalue weighted by molar-refractivity contribution is 5.85. The number of hydrogen-bond donors (Lipinski definition) is 2. The van der Waals surface area contributed by atoms with Crippen LogP contribution in [0.15, 0.2) is 43.0 Å². The molecule has 3 atom stereocenters. The molecule has 0 spiro atoms. The maximum Gasteiger partial charge on any atom is 0.168 e. The van der Waals surface area contributed by atoms with Gasteiger partial charge in [-0.3, -0.25) is 4.57 Å². The zero-order chi connectivity index (χ0) is 16.5. The fraction of sp³-hybridized carbons (Fsp3) is 0.250. The number of aliphatic hydroxyl groups is 1. The summed E-state index contributed by atoms with van der Waals surface area (Å²) in [6, 6.07) is 9.55. The summed E-state index contributed by atoms with van der Waals surface area (Å²) in [4.78, 5) is 12.7. The van der Waals surface area contributed by atoms with Gasteiger partial charge in [-0.1, -0.05) is 18.2 Å². The number of fused-ring (bicyclic) bond motifs is 1. The van der Waals surface area contributed by atoms with Crippen molar-refractivity contribution in [1.82, 2.24) is 19.5 Å². The molecule has 0 bridgehead atoms. The van der Waals surface area contributed by atoms with Gasteiger partial charge in [0.05, 0.1) is 19.0 Å². The first-order valence-corrected chi connectivity index (χ1v) is 7.51. The van der Waals surface area contributed by atoms with E-state index in [1.54, 1.807) is 0 Å². The first kappa shape index (κ1) is 15.0. The summed E-state index contributed by atoms with van der Waals surface area (Å²) in [5.74, 6) is 0.529. The molecule has 1 saturated heterocycles. The molecule has 1 aliphatic rings. The molecule has 0 unspecified atom stereocenters. The zero-order valence-corrected chi connectivity index (χ0v) is 12.6. The summed E-state index contributed by atoms with van der Waals surface area (Å²) in [5.41, 5.74) is 1.84. The number of rotatable bonds is 4. The van der Waals surface area contributed by atoms with Crippen LogP contribution in [-0.2, 0) is 4.74 Å². The maximum atomic E-state index is 14.2. The van der Waals surface area contributed by atoms with Gasteiger partial charge in [0, 0.05) is 12.1 Å². The summed E-state index contributed by atoms with van der Waals surface area (Å²) in [7, 11) is 0. The third-order valence-corrected chi connectivity index (χ3v) is 3.83. The SMILES string of the molecule is OC[C@H]1[CH][C@@H](F)[C@H](n2cnc3c(Nc4ccccc4)ncnc32)O1. The van der Waals surface area contributed by atoms with E-state index in [2.05, 4.69) is 20.3 Å². The maximum absolute atomic E-state index is 14.2. The predicted molar refractivity (Wildman–Crippen MR) is 85.2 cm³/mol. The van der Waals surface area contributed by atoms with E-state index >= 15 is 0 Å². The van der Waals surface area contributed by atoms with E-state index in [1.807, 2.05) is 30.3 Å². The van der Waals surface area contributed by atoms with Gasteiger partial charge in [-0.25, -0.2) is 19.3 Å². The Morgan fingerprint density at radius 2 is 2.04 bits per heavy atom. The van der Waals surface area contributed by atoms with E-state index in [-0.39, 0.29) is 6.61 Å². The van der Waals surface area contributed by atoms with Crippen LogP contribution in [0.5, 0.6) is 0 Å². The van der Waals surface area contributed by atoms with Crippen LogP contribution in [0.3, 0.4) is 0 Å². The van der Waals surface area contributed by atoms with E-state index in [1.165, 1.54) is 23.6 Å². The van der Waals surface area contributed by atoms with Gasteiger partial charge >= 0.3 is 0 Å². The highest BCUT2D eigenvalue weighted by atomic mass is 19.1. The van der Waals surface area contributed by atoms with Gasteiger partial charge in [0.15, 0.2) is 29.4 Å². The van der Waals surface area contributed by atoms with Crippen molar-refractivity contribution in [3.63, 3.8) is 0 Å². The first-order valence-electron chi connectivity index (χ1n) is 7.51. The van der Waals surface area contributed by atoms with Crippen molar-refractivity contribution in [3.8, 4) is 0 Å². The number of aromatic nitrogens is 4. The largest absolute Gasteiger partial charge is 0.394 e. The van der Waals surface area contributed by atoms with Gasteiger partial charge in [-0.05, 0) is 12.1 Å². The summed E-state index contributed by atoms with van der Waals surface area (Å²) in [6.07, 6.45) is 1.32. The molecule has 24 heavy (non-hydrogen) atoms. The lowest BCUT2D eigenvalue weighted by Crippen LogP contribution is -2.16. The second-order valence-electron chi connectivity index (χ2n) is 5.42. The average Bonchev–Trinajstić information content (AvgIpc) is 3.19. The minimum Gasteiger partial charge on any atom is -0.394 e. The van der Waals surface area contributed by atoms with Crippen molar-refractivity contribution in [3.05, 3.63) is 49.4 Å². The molecule has 1 aliphatic heterocycles. The van der Waals surface area contributed by atoms with Crippen LogP contribution in [-0.4, -0.2) is 43.5 Å². The van der Waals surface area contributed by atoms with Crippen LogP contribution < -0.4 is 5.32 Å². The molecule has 1 fully saturated rings. The topological polar surface area (TPSA) is 85.1 Å². The average molecular weight is 328 g/mol. The Morgan fingerprint density at radius 1 is 1.21 bits per heavy atom. The highest BCUT2D eigenvalue weighted by Crippen LogP contribution is 2.33. The van der Waals surface area contributed by atoms with Gasteiger partial charge in [0.1, 0.15) is 6.33 Å². The highest BCUT2D eigenvalue weighted by Gasteiger charge is 2.37. The quantitative estimate of drug-likeness (QED) is 0.762. The number of benzene rings is 1. The third kappa shape index (κ3) is 2.59. The molecule has 7 nitrogen and oxygen atoms in total. The second kappa shape index (κ2) is 6.14. The lowest BCUT2D eigenvalue weighted by molar-refractivity contribution is -0.0332. The summed E-state index contributed by atoms with van der Waals surface area (Å²) in [5, 5.41) is 12.3. The van der Waals surface area contributed by atoms with Crippen molar-refractivity contribution >= 4 is 22.7 Å². The Labute approximate surface area is 137 Å². The van der Waals surface area contributed by atoms with Crippen molar-refractivity contribution in [1.29, 1.82) is 0 Å². The molecule has 3 heterocycles. The molecule has 1 radical (unpaired) electrons. The molecule has 8 heteroatoms. The van der Waals surface area contributed by atoms with Gasteiger partial charge in [0.25, 0.3) is 0 Å². The number of alkyl halides is 1. The smallest absolute Gasteiger partial charge is 0.168 e. The van der Waals surface area contributed by atoms with Gasteiger partial charge in [0.2, 0.25) is 0 Å². The molecule has 2 N–H and O–H groups in total. The number of aliphatic hydroxyl groups excluding tert-OH is 1. The van der Waals surface area contributed by atoms with Crippen LogP contribution in [0, 0.1) is 6.42 Å². The van der Waals surface area contributed by atoms with Crippen LogP contribution in [0.25, 0.3) is 11.2 Å². The van der Waals surface area contributed by atoms with Gasteiger partial charge in [-0.15, -0.1) is 0 Å². The Morgan fingerprint density at radius 3 is 2.79 bits per heavy atom. The summed E-state index contributed by atoms with van der Waals surface area (Å²) >= 11 is 0. The molecule has 3 aromatic rings. The fourth-order valence-corrected chi connectivity index (χ4v) is 2.71. The molecule has 0 amide bonds. The number of ether oxygens (including phenoxy) is 1. The van der Waals surface area contributed by atoms with E-state index in [9.17, 15) is 4.39 Å². The number of nitrogens with zero attached hydrogens (tertiary/aromatic N) is 4. The molecule has 1 aromatic carbocycles.